The summed E-state index contributed by atoms with van der Waals surface area (Å²) in [6.07, 6.45) is 2.22. The summed E-state index contributed by atoms with van der Waals surface area (Å²) in [7, 11) is 1.77. The molecule has 0 saturated heterocycles. The van der Waals surface area contributed by atoms with Gasteiger partial charge >= 0.3 is 0 Å². The van der Waals surface area contributed by atoms with Crippen LogP contribution in [0.5, 0.6) is 0 Å². The van der Waals surface area contributed by atoms with Crippen LogP contribution in [0.1, 0.15) is 47.9 Å². The number of hydrogen-bond donors (Lipinski definition) is 3. The van der Waals surface area contributed by atoms with Gasteiger partial charge in [0.2, 0.25) is 5.91 Å². The molecule has 0 fully saturated rings. The quantitative estimate of drug-likeness (QED) is 0.207. The van der Waals surface area contributed by atoms with Crippen molar-refractivity contribution >= 4 is 28.5 Å². The van der Waals surface area contributed by atoms with E-state index in [2.05, 4.69) is 15.3 Å². The third-order valence-electron chi connectivity index (χ3n) is 7.19. The number of rotatable bonds is 17. The van der Waals surface area contributed by atoms with Crippen LogP contribution in [0, 0.1) is 0 Å². The molecule has 1 aliphatic rings. The number of carbonyl (C=O) groups excluding carboxylic acids is 2. The minimum absolute atomic E-state index is 0.0570. The van der Waals surface area contributed by atoms with E-state index in [9.17, 15) is 9.59 Å². The Morgan fingerprint density at radius 3 is 2.48 bits per heavy atom. The summed E-state index contributed by atoms with van der Waals surface area (Å²) < 4.78 is 16.6. The van der Waals surface area contributed by atoms with Crippen LogP contribution in [0.25, 0.3) is 11.0 Å². The molecule has 2 amide bonds. The highest BCUT2D eigenvalue weighted by atomic mass is 16.5. The lowest BCUT2D eigenvalue weighted by atomic mass is 10.1. The van der Waals surface area contributed by atoms with Crippen molar-refractivity contribution < 1.29 is 23.8 Å². The van der Waals surface area contributed by atoms with Crippen LogP contribution >= 0.6 is 0 Å². The van der Waals surface area contributed by atoms with Crippen LogP contribution in [0.4, 0.5) is 5.69 Å². The van der Waals surface area contributed by atoms with Crippen molar-refractivity contribution in [2.75, 3.05) is 65.1 Å². The van der Waals surface area contributed by atoms with Crippen molar-refractivity contribution in [3.8, 4) is 0 Å². The molecule has 1 atom stereocenters. The van der Waals surface area contributed by atoms with E-state index in [-0.39, 0.29) is 17.9 Å². The number of nitrogens with zero attached hydrogens (tertiary/aromatic N) is 3. The van der Waals surface area contributed by atoms with Crippen molar-refractivity contribution in [1.29, 1.82) is 0 Å². The highest BCUT2D eigenvalue weighted by Gasteiger charge is 2.28. The summed E-state index contributed by atoms with van der Waals surface area (Å²) in [6.45, 7) is 7.24. The average molecular weight is 581 g/mol. The standard InChI is InChI=1S/C31H44N6O5/c1-3-25-31(39)37(13-7-15-41-17-19-42-18-16-40-14-6-12-32)21-24-20-23(10-11-26(24)33-25)30(38)36(2)22-29-34-27-8-4-5-9-28(27)35-29/h4-5,8-11,20,25,33H,3,6-7,12-19,21-22,32H2,1-2H3,(H,34,35)/t25-/m0/s1. The lowest BCUT2D eigenvalue weighted by Gasteiger charge is -2.24. The first-order valence-corrected chi connectivity index (χ1v) is 14.8. The largest absolute Gasteiger partial charge is 0.379 e. The molecular weight excluding hydrogens is 536 g/mol. The first-order chi connectivity index (χ1) is 20.5. The van der Waals surface area contributed by atoms with E-state index in [1.165, 1.54) is 0 Å². The van der Waals surface area contributed by atoms with Gasteiger partial charge in [0, 0.05) is 44.6 Å². The Kier molecular flexibility index (Phi) is 12.1. The second kappa shape index (κ2) is 16.2. The van der Waals surface area contributed by atoms with Gasteiger partial charge in [-0.1, -0.05) is 19.1 Å². The fourth-order valence-electron chi connectivity index (χ4n) is 4.90. The van der Waals surface area contributed by atoms with Gasteiger partial charge in [-0.15, -0.1) is 0 Å². The van der Waals surface area contributed by atoms with E-state index in [0.717, 1.165) is 34.5 Å². The van der Waals surface area contributed by atoms with Crippen LogP contribution in [-0.2, 0) is 32.1 Å². The first-order valence-electron chi connectivity index (χ1n) is 14.8. The van der Waals surface area contributed by atoms with Crippen LogP contribution < -0.4 is 11.1 Å². The second-order valence-corrected chi connectivity index (χ2v) is 10.4. The first kappa shape index (κ1) is 31.4. The molecule has 4 N–H and O–H groups in total. The number of nitrogens with one attached hydrogen (secondary N) is 2. The van der Waals surface area contributed by atoms with Gasteiger partial charge in [-0.05, 0) is 61.7 Å². The van der Waals surface area contributed by atoms with Gasteiger partial charge in [-0.25, -0.2) is 4.98 Å². The molecule has 11 nitrogen and oxygen atoms in total. The maximum Gasteiger partial charge on any atom is 0.254 e. The summed E-state index contributed by atoms with van der Waals surface area (Å²) in [6, 6.07) is 13.1. The maximum atomic E-state index is 13.3. The Labute approximate surface area is 247 Å². The lowest BCUT2D eigenvalue weighted by Crippen LogP contribution is -2.40. The van der Waals surface area contributed by atoms with Crippen molar-refractivity contribution in [1.82, 2.24) is 19.8 Å². The Morgan fingerprint density at radius 1 is 1.05 bits per heavy atom. The van der Waals surface area contributed by atoms with Crippen molar-refractivity contribution in [3.05, 3.63) is 59.4 Å². The van der Waals surface area contributed by atoms with E-state index in [1.807, 2.05) is 54.3 Å². The number of hydrogen-bond acceptors (Lipinski definition) is 8. The Hall–Kier alpha value is -3.51. The smallest absolute Gasteiger partial charge is 0.254 e. The van der Waals surface area contributed by atoms with Crippen molar-refractivity contribution in [2.24, 2.45) is 5.73 Å². The van der Waals surface area contributed by atoms with Crippen molar-refractivity contribution in [3.63, 3.8) is 0 Å². The van der Waals surface area contributed by atoms with Gasteiger partial charge < -0.3 is 40.0 Å². The third kappa shape index (κ3) is 8.75. The minimum Gasteiger partial charge on any atom is -0.379 e. The minimum atomic E-state index is -0.315. The molecule has 0 spiro atoms. The predicted molar refractivity (Wildman–Crippen MR) is 162 cm³/mol. The molecular formula is C31H44N6O5. The molecule has 11 heteroatoms. The number of aromatic nitrogens is 2. The number of fused-ring (bicyclic) bond motifs is 2. The molecule has 3 aromatic rings. The summed E-state index contributed by atoms with van der Waals surface area (Å²) in [5, 5.41) is 3.39. The number of ether oxygens (including phenoxy) is 3. The zero-order chi connectivity index (χ0) is 29.7. The third-order valence-corrected chi connectivity index (χ3v) is 7.19. The topological polar surface area (TPSA) is 135 Å². The SMILES string of the molecule is CC[C@@H]1Nc2ccc(C(=O)N(C)Cc3nc4ccccc4[nH]3)cc2CN(CCCOCCOCCOCCCN)C1=O. The maximum absolute atomic E-state index is 13.3. The number of aromatic amines is 1. The van der Waals surface area contributed by atoms with Gasteiger partial charge in [-0.3, -0.25) is 9.59 Å². The highest BCUT2D eigenvalue weighted by molar-refractivity contribution is 5.95. The molecule has 42 heavy (non-hydrogen) atoms. The van der Waals surface area contributed by atoms with Gasteiger partial charge in [0.1, 0.15) is 11.9 Å². The number of imidazole rings is 1. The van der Waals surface area contributed by atoms with E-state index in [0.29, 0.717) is 84.2 Å². The fraction of sp³-hybridized carbons (Fsp3) is 0.516. The number of anilines is 1. The molecule has 1 aromatic heterocycles. The van der Waals surface area contributed by atoms with Gasteiger partial charge in [0.05, 0.1) is 44.0 Å². The van der Waals surface area contributed by atoms with Gasteiger partial charge in [0.25, 0.3) is 5.91 Å². The molecule has 1 aliphatic heterocycles. The molecule has 0 saturated carbocycles. The highest BCUT2D eigenvalue weighted by Crippen LogP contribution is 2.26. The summed E-state index contributed by atoms with van der Waals surface area (Å²) in [5.41, 5.74) is 9.63. The van der Waals surface area contributed by atoms with E-state index in [4.69, 9.17) is 19.9 Å². The monoisotopic (exact) mass is 580 g/mol. The molecule has 2 aromatic carbocycles. The molecule has 2 heterocycles. The van der Waals surface area contributed by atoms with Crippen LogP contribution in [0.3, 0.4) is 0 Å². The molecule has 228 valence electrons. The number of nitrogens with two attached hydrogens (primary N) is 1. The Bertz CT molecular complexity index is 1260. The fourth-order valence-corrected chi connectivity index (χ4v) is 4.90. The van der Waals surface area contributed by atoms with E-state index >= 15 is 0 Å². The molecule has 0 bridgehead atoms. The molecule has 0 aliphatic carbocycles. The van der Waals surface area contributed by atoms with E-state index in [1.54, 1.807) is 11.9 Å². The predicted octanol–water partition coefficient (Wildman–Crippen LogP) is 3.16. The normalized spacial score (nSPS) is 15.0. The summed E-state index contributed by atoms with van der Waals surface area (Å²) in [4.78, 5) is 38.0. The zero-order valence-corrected chi connectivity index (χ0v) is 24.8. The molecule has 0 unspecified atom stereocenters. The lowest BCUT2D eigenvalue weighted by molar-refractivity contribution is -0.132. The summed E-state index contributed by atoms with van der Waals surface area (Å²) >= 11 is 0. The number of H-pyrrole nitrogens is 1. The number of amides is 2. The van der Waals surface area contributed by atoms with Crippen molar-refractivity contribution in [2.45, 2.75) is 45.3 Å². The molecule has 0 radical (unpaired) electrons. The molecule has 4 rings (SSSR count). The Morgan fingerprint density at radius 2 is 1.76 bits per heavy atom. The van der Waals surface area contributed by atoms with Gasteiger partial charge in [0.15, 0.2) is 0 Å². The summed E-state index contributed by atoms with van der Waals surface area (Å²) in [5.74, 6) is 0.680. The number of carbonyl (C=O) groups is 2. The average Bonchev–Trinajstić information content (AvgIpc) is 3.35. The van der Waals surface area contributed by atoms with Gasteiger partial charge in [-0.2, -0.15) is 0 Å². The number of benzene rings is 2. The van der Waals surface area contributed by atoms with Crippen LogP contribution in [-0.4, -0.2) is 97.4 Å². The Balaban J connectivity index is 1.28. The number of para-hydroxylation sites is 2. The van der Waals surface area contributed by atoms with Crippen LogP contribution in [0.15, 0.2) is 42.5 Å². The van der Waals surface area contributed by atoms with E-state index < -0.39 is 0 Å². The zero-order valence-electron chi connectivity index (χ0n) is 24.8. The van der Waals surface area contributed by atoms with Crippen LogP contribution in [0.2, 0.25) is 0 Å². The second-order valence-electron chi connectivity index (χ2n) is 10.4.